The van der Waals surface area contributed by atoms with Crippen LogP contribution in [0.3, 0.4) is 0 Å². The van der Waals surface area contributed by atoms with Gasteiger partial charge in [0.15, 0.2) is 5.78 Å². The number of hydrogen-bond acceptors (Lipinski definition) is 4. The molecular weight excluding hydrogens is 261 g/mol. The Hall–Kier alpha value is -1.46. The van der Waals surface area contributed by atoms with Gasteiger partial charge in [0.1, 0.15) is 11.6 Å². The minimum absolute atomic E-state index is 0.0116. The quantitative estimate of drug-likeness (QED) is 0.784. The second-order valence-corrected chi connectivity index (χ2v) is 5.30. The number of hydrogen-bond donors (Lipinski definition) is 2. The number of carbonyl (C=O) groups is 1. The highest BCUT2D eigenvalue weighted by Crippen LogP contribution is 2.30. The molecule has 0 spiro atoms. The molecule has 2 N–H and O–H groups in total. The van der Waals surface area contributed by atoms with E-state index in [1.54, 1.807) is 0 Å². The molecule has 5 heteroatoms. The number of carbonyl (C=O) groups excluding carboxylic acids is 1. The molecule has 1 aliphatic rings. The average Bonchev–Trinajstić information content (AvgIpc) is 2.31. The van der Waals surface area contributed by atoms with Gasteiger partial charge in [0, 0.05) is 24.7 Å². The monoisotopic (exact) mass is 281 g/mol. The standard InChI is InChI=1S/C15H20FNO3/c1-10(19)14-8-12(16)7-11(15(14)20)9-17(5-6-18)13-3-2-4-13/h7-8,13,18,20H,2-6,9H2,1H3. The molecule has 1 fully saturated rings. The molecule has 0 amide bonds. The molecule has 0 bridgehead atoms. The van der Waals surface area contributed by atoms with Crippen LogP contribution in [0.4, 0.5) is 4.39 Å². The summed E-state index contributed by atoms with van der Waals surface area (Å²) in [6.07, 6.45) is 3.26. The first-order valence-electron chi connectivity index (χ1n) is 6.90. The summed E-state index contributed by atoms with van der Waals surface area (Å²) in [7, 11) is 0. The van der Waals surface area contributed by atoms with Gasteiger partial charge >= 0.3 is 0 Å². The predicted molar refractivity (Wildman–Crippen MR) is 73.2 cm³/mol. The van der Waals surface area contributed by atoms with Gasteiger partial charge in [-0.05, 0) is 31.9 Å². The summed E-state index contributed by atoms with van der Waals surface area (Å²) in [6, 6.07) is 2.68. The summed E-state index contributed by atoms with van der Waals surface area (Å²) in [5, 5.41) is 19.2. The van der Waals surface area contributed by atoms with E-state index in [9.17, 15) is 14.3 Å². The lowest BCUT2D eigenvalue weighted by Crippen LogP contribution is -2.41. The minimum Gasteiger partial charge on any atom is -0.507 e. The zero-order chi connectivity index (χ0) is 14.7. The van der Waals surface area contributed by atoms with Crippen molar-refractivity contribution >= 4 is 5.78 Å². The summed E-state index contributed by atoms with van der Waals surface area (Å²) >= 11 is 0. The number of aliphatic hydroxyl groups is 1. The first kappa shape index (κ1) is 14.9. The fourth-order valence-corrected chi connectivity index (χ4v) is 2.53. The van der Waals surface area contributed by atoms with Crippen LogP contribution in [0.25, 0.3) is 0 Å². The Morgan fingerprint density at radius 3 is 2.65 bits per heavy atom. The van der Waals surface area contributed by atoms with E-state index in [2.05, 4.69) is 0 Å². The van der Waals surface area contributed by atoms with E-state index in [0.29, 0.717) is 24.7 Å². The molecular formula is C15H20FNO3. The van der Waals surface area contributed by atoms with Gasteiger partial charge in [0.2, 0.25) is 0 Å². The SMILES string of the molecule is CC(=O)c1cc(F)cc(CN(CCO)C2CCC2)c1O. The number of ketones is 1. The van der Waals surface area contributed by atoms with Gasteiger partial charge in [-0.25, -0.2) is 4.39 Å². The van der Waals surface area contributed by atoms with Crippen molar-refractivity contribution < 1.29 is 19.4 Å². The van der Waals surface area contributed by atoms with Crippen molar-refractivity contribution in [1.82, 2.24) is 4.90 Å². The Bertz CT molecular complexity index is 500. The van der Waals surface area contributed by atoms with Gasteiger partial charge in [0.05, 0.1) is 12.2 Å². The molecule has 1 aromatic carbocycles. The van der Waals surface area contributed by atoms with Gasteiger partial charge < -0.3 is 10.2 Å². The molecule has 0 aromatic heterocycles. The first-order chi connectivity index (χ1) is 9.52. The summed E-state index contributed by atoms with van der Waals surface area (Å²) in [6.45, 7) is 2.15. The van der Waals surface area contributed by atoms with E-state index in [1.165, 1.54) is 13.0 Å². The highest BCUT2D eigenvalue weighted by molar-refractivity contribution is 5.97. The molecule has 110 valence electrons. The van der Waals surface area contributed by atoms with E-state index < -0.39 is 5.82 Å². The molecule has 0 atom stereocenters. The van der Waals surface area contributed by atoms with Gasteiger partial charge in [-0.2, -0.15) is 0 Å². The van der Waals surface area contributed by atoms with Gasteiger partial charge in [-0.3, -0.25) is 9.69 Å². The first-order valence-corrected chi connectivity index (χ1v) is 6.90. The normalized spacial score (nSPS) is 15.4. The van der Waals surface area contributed by atoms with Crippen LogP contribution < -0.4 is 0 Å². The van der Waals surface area contributed by atoms with E-state index in [0.717, 1.165) is 25.3 Å². The Kier molecular flexibility index (Phi) is 4.73. The molecule has 1 saturated carbocycles. The van der Waals surface area contributed by atoms with Crippen molar-refractivity contribution in [3.63, 3.8) is 0 Å². The maximum atomic E-state index is 13.6. The molecule has 0 heterocycles. The van der Waals surface area contributed by atoms with Crippen LogP contribution in [-0.2, 0) is 6.54 Å². The molecule has 1 aliphatic carbocycles. The Morgan fingerprint density at radius 1 is 1.45 bits per heavy atom. The predicted octanol–water partition coefficient (Wildman–Crippen LogP) is 2.08. The second-order valence-electron chi connectivity index (χ2n) is 5.30. The van der Waals surface area contributed by atoms with E-state index >= 15 is 0 Å². The van der Waals surface area contributed by atoms with Gasteiger partial charge in [-0.15, -0.1) is 0 Å². The molecule has 1 aromatic rings. The number of aliphatic hydroxyl groups excluding tert-OH is 1. The van der Waals surface area contributed by atoms with E-state index in [4.69, 9.17) is 5.11 Å². The summed E-state index contributed by atoms with van der Waals surface area (Å²) in [4.78, 5) is 13.4. The third kappa shape index (κ3) is 3.16. The van der Waals surface area contributed by atoms with E-state index in [-0.39, 0.29) is 23.7 Å². The van der Waals surface area contributed by atoms with Crippen LogP contribution in [0.15, 0.2) is 12.1 Å². The summed E-state index contributed by atoms with van der Waals surface area (Å²) < 4.78 is 13.6. The maximum absolute atomic E-state index is 13.6. The van der Waals surface area contributed by atoms with Crippen molar-refractivity contribution in [2.45, 2.75) is 38.8 Å². The van der Waals surface area contributed by atoms with Gasteiger partial charge in [0.25, 0.3) is 0 Å². The van der Waals surface area contributed by atoms with Crippen LogP contribution in [0.2, 0.25) is 0 Å². The van der Waals surface area contributed by atoms with Crippen molar-refractivity contribution in [1.29, 1.82) is 0 Å². The maximum Gasteiger partial charge on any atom is 0.163 e. The zero-order valence-electron chi connectivity index (χ0n) is 11.6. The van der Waals surface area contributed by atoms with Crippen LogP contribution in [-0.4, -0.2) is 40.1 Å². The zero-order valence-corrected chi connectivity index (χ0v) is 11.6. The fourth-order valence-electron chi connectivity index (χ4n) is 2.53. The molecule has 0 saturated heterocycles. The lowest BCUT2D eigenvalue weighted by atomic mass is 9.91. The highest BCUT2D eigenvalue weighted by Gasteiger charge is 2.26. The molecule has 0 aliphatic heterocycles. The lowest BCUT2D eigenvalue weighted by molar-refractivity contribution is 0.0933. The largest absolute Gasteiger partial charge is 0.507 e. The highest BCUT2D eigenvalue weighted by atomic mass is 19.1. The molecule has 4 nitrogen and oxygen atoms in total. The number of aromatic hydroxyl groups is 1. The van der Waals surface area contributed by atoms with Crippen LogP contribution in [0.5, 0.6) is 5.75 Å². The molecule has 20 heavy (non-hydrogen) atoms. The summed E-state index contributed by atoms with van der Waals surface area (Å²) in [5.41, 5.74) is 0.410. The number of Topliss-reactive ketones (excluding diaryl/α,β-unsaturated/α-hetero) is 1. The van der Waals surface area contributed by atoms with Crippen molar-refractivity contribution in [2.24, 2.45) is 0 Å². The number of benzene rings is 1. The Balaban J connectivity index is 2.24. The molecule has 2 rings (SSSR count). The topological polar surface area (TPSA) is 60.8 Å². The minimum atomic E-state index is -0.527. The fraction of sp³-hybridized carbons (Fsp3) is 0.533. The van der Waals surface area contributed by atoms with Crippen molar-refractivity contribution in [3.8, 4) is 5.75 Å². The van der Waals surface area contributed by atoms with Crippen molar-refractivity contribution in [3.05, 3.63) is 29.1 Å². The lowest BCUT2D eigenvalue weighted by Gasteiger charge is -2.37. The van der Waals surface area contributed by atoms with Crippen molar-refractivity contribution in [2.75, 3.05) is 13.2 Å². The number of phenolic OH excluding ortho intramolecular Hbond substituents is 1. The second kappa shape index (κ2) is 6.33. The van der Waals surface area contributed by atoms with Crippen LogP contribution in [0.1, 0.15) is 42.1 Å². The number of rotatable bonds is 6. The van der Waals surface area contributed by atoms with E-state index in [1.807, 2.05) is 4.90 Å². The van der Waals surface area contributed by atoms with Crippen LogP contribution in [0, 0.1) is 5.82 Å². The Morgan fingerprint density at radius 2 is 2.15 bits per heavy atom. The average molecular weight is 281 g/mol. The number of nitrogens with zero attached hydrogens (tertiary/aromatic N) is 1. The van der Waals surface area contributed by atoms with Crippen LogP contribution >= 0.6 is 0 Å². The van der Waals surface area contributed by atoms with Gasteiger partial charge in [-0.1, -0.05) is 6.42 Å². The number of phenols is 1. The molecule has 0 unspecified atom stereocenters. The summed E-state index contributed by atoms with van der Waals surface area (Å²) in [5.74, 6) is -1.04. The molecule has 0 radical (unpaired) electrons. The third-order valence-corrected chi connectivity index (χ3v) is 3.88. The number of halogens is 1. The third-order valence-electron chi connectivity index (χ3n) is 3.88. The Labute approximate surface area is 117 Å². The smallest absolute Gasteiger partial charge is 0.163 e.